The third-order valence-corrected chi connectivity index (χ3v) is 3.44. The molecule has 144 valence electrons. The molecule has 0 radical (unpaired) electrons. The molecule has 28 heavy (non-hydrogen) atoms. The van der Waals surface area contributed by atoms with Gasteiger partial charge >= 0.3 is 11.6 Å². The first-order valence-electron chi connectivity index (χ1n) is 7.81. The molecule has 2 aromatic carbocycles. The van der Waals surface area contributed by atoms with Gasteiger partial charge in [-0.05, 0) is 58.8 Å². The number of nitrogens with zero attached hydrogens (tertiary/aromatic N) is 2. The Morgan fingerprint density at radius 3 is 1.25 bits per heavy atom. The lowest BCUT2D eigenvalue weighted by atomic mass is 10.2. The fourth-order valence-corrected chi connectivity index (χ4v) is 2.08. The Bertz CT molecular complexity index is 1030. The molecule has 2 aromatic heterocycles. The molecule has 10 nitrogen and oxygen atoms in total. The van der Waals surface area contributed by atoms with Crippen LogP contribution in [0.2, 0.25) is 0 Å². The quantitative estimate of drug-likeness (QED) is 0.515. The number of benzene rings is 2. The van der Waals surface area contributed by atoms with Crippen molar-refractivity contribution in [3.63, 3.8) is 0 Å². The SMILES string of the molecule is COc1ccc(-c2noc(=O)o2)cc1.COc1ccc(-c2noc(=O)o2)cc1. The zero-order chi connectivity index (χ0) is 19.9. The molecule has 0 bridgehead atoms. The van der Waals surface area contributed by atoms with Crippen molar-refractivity contribution in [2.75, 3.05) is 14.2 Å². The third kappa shape index (κ3) is 4.55. The van der Waals surface area contributed by atoms with E-state index in [1.165, 1.54) is 0 Å². The second-order valence-electron chi connectivity index (χ2n) is 5.14. The van der Waals surface area contributed by atoms with E-state index >= 15 is 0 Å². The van der Waals surface area contributed by atoms with Gasteiger partial charge in [0.2, 0.25) is 0 Å². The van der Waals surface area contributed by atoms with E-state index in [-0.39, 0.29) is 11.8 Å². The molecule has 0 aliphatic rings. The molecule has 0 unspecified atom stereocenters. The first kappa shape index (κ1) is 18.7. The van der Waals surface area contributed by atoms with Crippen LogP contribution in [0.1, 0.15) is 0 Å². The highest BCUT2D eigenvalue weighted by molar-refractivity contribution is 5.54. The Balaban J connectivity index is 0.000000161. The minimum Gasteiger partial charge on any atom is -0.497 e. The van der Waals surface area contributed by atoms with E-state index in [0.29, 0.717) is 11.1 Å². The molecule has 0 aliphatic heterocycles. The van der Waals surface area contributed by atoms with Gasteiger partial charge in [0.15, 0.2) is 0 Å². The van der Waals surface area contributed by atoms with E-state index < -0.39 is 11.6 Å². The van der Waals surface area contributed by atoms with Crippen LogP contribution in [0, 0.1) is 0 Å². The number of methoxy groups -OCH3 is 2. The molecular formula is C18H14N2O8. The van der Waals surface area contributed by atoms with Crippen LogP contribution in [0.25, 0.3) is 22.9 Å². The number of hydrogen-bond acceptors (Lipinski definition) is 10. The summed E-state index contributed by atoms with van der Waals surface area (Å²) in [5, 5.41) is 6.89. The minimum atomic E-state index is -0.809. The standard InChI is InChI=1S/2C9H7NO4/c2*1-12-7-4-2-6(3-5-7)8-10-14-9(11)13-8/h2*2-5H,1H3. The number of aromatic nitrogens is 2. The highest BCUT2D eigenvalue weighted by atomic mass is 16.6. The van der Waals surface area contributed by atoms with Gasteiger partial charge in [-0.25, -0.2) is 9.59 Å². The lowest BCUT2D eigenvalue weighted by Crippen LogP contribution is -1.85. The number of ether oxygens (including phenoxy) is 2. The summed E-state index contributed by atoms with van der Waals surface area (Å²) in [6.45, 7) is 0. The monoisotopic (exact) mass is 386 g/mol. The summed E-state index contributed by atoms with van der Waals surface area (Å²) in [4.78, 5) is 21.1. The first-order chi connectivity index (χ1) is 13.6. The molecule has 0 amide bonds. The zero-order valence-corrected chi connectivity index (χ0v) is 14.8. The fraction of sp³-hybridized carbons (Fsp3) is 0.111. The summed E-state index contributed by atoms with van der Waals surface area (Å²) in [5.41, 5.74) is 1.33. The van der Waals surface area contributed by atoms with Crippen molar-refractivity contribution in [3.05, 3.63) is 69.8 Å². The van der Waals surface area contributed by atoms with Crippen molar-refractivity contribution >= 4 is 0 Å². The smallest absolute Gasteiger partial charge is 0.497 e. The molecule has 0 fully saturated rings. The second-order valence-corrected chi connectivity index (χ2v) is 5.14. The average molecular weight is 386 g/mol. The highest BCUT2D eigenvalue weighted by Crippen LogP contribution is 2.20. The molecule has 10 heteroatoms. The van der Waals surface area contributed by atoms with Gasteiger partial charge in [0.1, 0.15) is 11.5 Å². The number of rotatable bonds is 4. The maximum Gasteiger partial charge on any atom is 0.542 e. The predicted molar refractivity (Wildman–Crippen MR) is 94.1 cm³/mol. The minimum absolute atomic E-state index is 0.164. The van der Waals surface area contributed by atoms with Gasteiger partial charge in [-0.3, -0.25) is 9.05 Å². The van der Waals surface area contributed by atoms with Crippen LogP contribution in [0.3, 0.4) is 0 Å². The van der Waals surface area contributed by atoms with Gasteiger partial charge in [0.25, 0.3) is 11.8 Å². The van der Waals surface area contributed by atoms with E-state index in [0.717, 1.165) is 11.5 Å². The molecule has 0 atom stereocenters. The van der Waals surface area contributed by atoms with Crippen molar-refractivity contribution < 1.29 is 27.4 Å². The van der Waals surface area contributed by atoms with Crippen LogP contribution < -0.4 is 21.1 Å². The maximum absolute atomic E-state index is 10.6. The Morgan fingerprint density at radius 2 is 1.00 bits per heavy atom. The van der Waals surface area contributed by atoms with E-state index in [1.54, 1.807) is 62.8 Å². The largest absolute Gasteiger partial charge is 0.542 e. The van der Waals surface area contributed by atoms with Gasteiger partial charge < -0.3 is 18.3 Å². The van der Waals surface area contributed by atoms with E-state index in [1.807, 2.05) is 0 Å². The molecule has 0 aliphatic carbocycles. The van der Waals surface area contributed by atoms with Crippen molar-refractivity contribution in [2.24, 2.45) is 0 Å². The van der Waals surface area contributed by atoms with Crippen molar-refractivity contribution in [3.8, 4) is 34.4 Å². The van der Waals surface area contributed by atoms with Crippen LogP contribution in [0.4, 0.5) is 0 Å². The topological polar surface area (TPSA) is 131 Å². The summed E-state index contributed by atoms with van der Waals surface area (Å²) in [6, 6.07) is 13.8. The van der Waals surface area contributed by atoms with Crippen LogP contribution in [-0.4, -0.2) is 24.5 Å². The molecule has 0 saturated carbocycles. The van der Waals surface area contributed by atoms with Crippen molar-refractivity contribution in [1.82, 2.24) is 10.3 Å². The summed E-state index contributed by atoms with van der Waals surface area (Å²) < 4.78 is 27.8. The highest BCUT2D eigenvalue weighted by Gasteiger charge is 2.07. The van der Waals surface area contributed by atoms with Crippen LogP contribution >= 0.6 is 0 Å². The Hall–Kier alpha value is -4.08. The van der Waals surface area contributed by atoms with Crippen LogP contribution in [0.15, 0.2) is 76.0 Å². The summed E-state index contributed by atoms with van der Waals surface area (Å²) in [5.74, 6) is 0.154. The molecule has 2 heterocycles. The van der Waals surface area contributed by atoms with E-state index in [4.69, 9.17) is 9.47 Å². The van der Waals surface area contributed by atoms with E-state index in [9.17, 15) is 9.59 Å². The molecule has 4 aromatic rings. The van der Waals surface area contributed by atoms with Gasteiger partial charge in [0, 0.05) is 11.1 Å². The van der Waals surface area contributed by atoms with E-state index in [2.05, 4.69) is 28.2 Å². The average Bonchev–Trinajstić information content (AvgIpc) is 3.37. The summed E-state index contributed by atoms with van der Waals surface area (Å²) in [7, 11) is 3.15. The second kappa shape index (κ2) is 8.54. The van der Waals surface area contributed by atoms with Crippen molar-refractivity contribution in [2.45, 2.75) is 0 Å². The Morgan fingerprint density at radius 1 is 0.643 bits per heavy atom. The van der Waals surface area contributed by atoms with Crippen LogP contribution in [-0.2, 0) is 0 Å². The third-order valence-electron chi connectivity index (χ3n) is 3.44. The summed E-state index contributed by atoms with van der Waals surface area (Å²) in [6.07, 6.45) is 0. The molecule has 4 rings (SSSR count). The first-order valence-corrected chi connectivity index (χ1v) is 7.81. The number of hydrogen-bond donors (Lipinski definition) is 0. The fourth-order valence-electron chi connectivity index (χ4n) is 2.08. The normalized spacial score (nSPS) is 10.1. The molecule has 0 N–H and O–H groups in total. The molecule has 0 spiro atoms. The lowest BCUT2D eigenvalue weighted by molar-refractivity contribution is 0.335. The lowest BCUT2D eigenvalue weighted by Gasteiger charge is -1.98. The van der Waals surface area contributed by atoms with Crippen LogP contribution in [0.5, 0.6) is 11.5 Å². The Labute approximate surface area is 156 Å². The maximum atomic E-state index is 10.6. The van der Waals surface area contributed by atoms with Gasteiger partial charge in [-0.15, -0.1) is 0 Å². The van der Waals surface area contributed by atoms with Gasteiger partial charge in [-0.1, -0.05) is 0 Å². The Kier molecular flexibility index (Phi) is 5.70. The van der Waals surface area contributed by atoms with Gasteiger partial charge in [-0.2, -0.15) is 0 Å². The zero-order valence-electron chi connectivity index (χ0n) is 14.8. The van der Waals surface area contributed by atoms with Crippen molar-refractivity contribution in [1.29, 1.82) is 0 Å². The summed E-state index contributed by atoms with van der Waals surface area (Å²) >= 11 is 0. The molecule has 0 saturated heterocycles. The molecular weight excluding hydrogens is 372 g/mol. The van der Waals surface area contributed by atoms with Gasteiger partial charge in [0.05, 0.1) is 14.2 Å². The predicted octanol–water partition coefficient (Wildman–Crippen LogP) is 2.61.